The molecule has 0 spiro atoms. The van der Waals surface area contributed by atoms with Gasteiger partial charge < -0.3 is 26.2 Å². The summed E-state index contributed by atoms with van der Waals surface area (Å²) in [5.74, 6) is 0.142. The molecule has 0 aliphatic carbocycles. The number of hydrogen-bond acceptors (Lipinski definition) is 4. The van der Waals surface area contributed by atoms with E-state index < -0.39 is 0 Å². The molecule has 1 heterocycles. The minimum Gasteiger partial charge on any atom is -0.357 e. The Hall–Kier alpha value is -3.10. The highest BCUT2D eigenvalue weighted by molar-refractivity contribution is 5.97. The molecular weight excluding hydrogens is 384 g/mol. The molecular formula is C21H32N6O3. The first-order valence-corrected chi connectivity index (χ1v) is 10.2. The van der Waals surface area contributed by atoms with Gasteiger partial charge in [0.05, 0.1) is 19.6 Å². The first-order chi connectivity index (χ1) is 14.2. The molecule has 0 aromatic heterocycles. The number of carbonyl (C=O) groups excluding carboxylic acids is 3. The second-order valence-electron chi connectivity index (χ2n) is 8.12. The normalized spacial score (nSPS) is 14.7. The number of nitrogens with one attached hydrogen (secondary N) is 4. The Morgan fingerprint density at radius 1 is 1.17 bits per heavy atom. The molecule has 1 aliphatic rings. The molecule has 0 radical (unpaired) electrons. The summed E-state index contributed by atoms with van der Waals surface area (Å²) in [7, 11) is 0. The number of guanidine groups is 1. The number of benzene rings is 1. The van der Waals surface area contributed by atoms with Crippen LogP contribution in [0, 0.1) is 0 Å². The largest absolute Gasteiger partial charge is 0.357 e. The molecule has 2 rings (SSSR count). The van der Waals surface area contributed by atoms with Crippen molar-refractivity contribution in [2.45, 2.75) is 39.8 Å². The Labute approximate surface area is 177 Å². The Morgan fingerprint density at radius 3 is 2.47 bits per heavy atom. The molecule has 9 nitrogen and oxygen atoms in total. The van der Waals surface area contributed by atoms with Gasteiger partial charge in [0.2, 0.25) is 11.8 Å². The summed E-state index contributed by atoms with van der Waals surface area (Å²) in [6.07, 6.45) is 0. The van der Waals surface area contributed by atoms with Gasteiger partial charge in [0, 0.05) is 30.7 Å². The molecule has 1 aliphatic heterocycles. The highest BCUT2D eigenvalue weighted by atomic mass is 16.2. The molecule has 164 valence electrons. The maximum atomic E-state index is 12.5. The van der Waals surface area contributed by atoms with Gasteiger partial charge in [0.1, 0.15) is 0 Å². The second-order valence-corrected chi connectivity index (χ2v) is 8.12. The van der Waals surface area contributed by atoms with Crippen molar-refractivity contribution in [3.05, 3.63) is 35.4 Å². The van der Waals surface area contributed by atoms with Crippen LogP contribution in [0.4, 0.5) is 0 Å². The molecule has 1 saturated heterocycles. The monoisotopic (exact) mass is 416 g/mol. The standard InChI is InChI=1S/C21H32N6O3/c1-5-22-20(25-13-17(28)26-21(2,3)4)24-12-15-6-8-16(9-7-15)19(30)27-11-10-23-18(29)14-27/h6-9H,5,10-14H2,1-4H3,(H,23,29)(H,26,28)(H2,22,24,25). The van der Waals surface area contributed by atoms with E-state index in [4.69, 9.17) is 0 Å². The van der Waals surface area contributed by atoms with Crippen molar-refractivity contribution in [2.75, 3.05) is 32.7 Å². The molecule has 30 heavy (non-hydrogen) atoms. The van der Waals surface area contributed by atoms with E-state index in [-0.39, 0.29) is 36.3 Å². The SMILES string of the molecule is CCNC(=NCc1ccc(C(=O)N2CCNC(=O)C2)cc1)NCC(=O)NC(C)(C)C. The number of hydrogen-bond donors (Lipinski definition) is 4. The fourth-order valence-corrected chi connectivity index (χ4v) is 2.89. The van der Waals surface area contributed by atoms with Gasteiger partial charge in [-0.05, 0) is 45.4 Å². The quantitative estimate of drug-likeness (QED) is 0.391. The van der Waals surface area contributed by atoms with Crippen molar-refractivity contribution in [1.82, 2.24) is 26.2 Å². The molecule has 0 bridgehead atoms. The van der Waals surface area contributed by atoms with Crippen molar-refractivity contribution >= 4 is 23.7 Å². The molecule has 0 unspecified atom stereocenters. The zero-order valence-corrected chi connectivity index (χ0v) is 18.2. The van der Waals surface area contributed by atoms with Crippen molar-refractivity contribution in [1.29, 1.82) is 0 Å². The Bertz CT molecular complexity index is 783. The fourth-order valence-electron chi connectivity index (χ4n) is 2.89. The van der Waals surface area contributed by atoms with Gasteiger partial charge >= 0.3 is 0 Å². The minimum atomic E-state index is -0.286. The van der Waals surface area contributed by atoms with Gasteiger partial charge in [-0.25, -0.2) is 4.99 Å². The molecule has 1 aromatic rings. The summed E-state index contributed by atoms with van der Waals surface area (Å²) in [5, 5.41) is 11.7. The van der Waals surface area contributed by atoms with Crippen LogP contribution in [0.15, 0.2) is 29.3 Å². The summed E-state index contributed by atoms with van der Waals surface area (Å²) < 4.78 is 0. The average Bonchev–Trinajstić information content (AvgIpc) is 2.68. The third-order valence-electron chi connectivity index (χ3n) is 4.22. The number of carbonyl (C=O) groups is 3. The molecule has 9 heteroatoms. The molecule has 1 aromatic carbocycles. The number of rotatable bonds is 6. The van der Waals surface area contributed by atoms with Crippen LogP contribution in [-0.4, -0.2) is 66.8 Å². The first-order valence-electron chi connectivity index (χ1n) is 10.2. The predicted octanol–water partition coefficient (Wildman–Crippen LogP) is 0.228. The summed E-state index contributed by atoms with van der Waals surface area (Å²) in [6, 6.07) is 7.18. The lowest BCUT2D eigenvalue weighted by molar-refractivity contribution is -0.123. The van der Waals surface area contributed by atoms with Crippen LogP contribution >= 0.6 is 0 Å². The van der Waals surface area contributed by atoms with E-state index in [0.29, 0.717) is 37.7 Å². The van der Waals surface area contributed by atoms with Crippen molar-refractivity contribution in [3.63, 3.8) is 0 Å². The van der Waals surface area contributed by atoms with Crippen LogP contribution in [0.25, 0.3) is 0 Å². The van der Waals surface area contributed by atoms with Crippen molar-refractivity contribution < 1.29 is 14.4 Å². The molecule has 1 fully saturated rings. The molecule has 0 atom stereocenters. The van der Waals surface area contributed by atoms with E-state index in [1.54, 1.807) is 17.0 Å². The van der Waals surface area contributed by atoms with Crippen LogP contribution in [0.5, 0.6) is 0 Å². The van der Waals surface area contributed by atoms with Gasteiger partial charge in [-0.3, -0.25) is 14.4 Å². The van der Waals surface area contributed by atoms with Crippen LogP contribution < -0.4 is 21.3 Å². The lowest BCUT2D eigenvalue weighted by Crippen LogP contribution is -2.49. The van der Waals surface area contributed by atoms with E-state index in [1.807, 2.05) is 39.8 Å². The van der Waals surface area contributed by atoms with E-state index in [9.17, 15) is 14.4 Å². The zero-order valence-electron chi connectivity index (χ0n) is 18.2. The van der Waals surface area contributed by atoms with Crippen molar-refractivity contribution in [3.8, 4) is 0 Å². The Morgan fingerprint density at radius 2 is 1.87 bits per heavy atom. The number of nitrogens with zero attached hydrogens (tertiary/aromatic N) is 2. The third-order valence-corrected chi connectivity index (χ3v) is 4.22. The summed E-state index contributed by atoms with van der Waals surface area (Å²) in [6.45, 7) is 10.0. The van der Waals surface area contributed by atoms with Gasteiger partial charge in [0.25, 0.3) is 5.91 Å². The highest BCUT2D eigenvalue weighted by Crippen LogP contribution is 2.10. The van der Waals surface area contributed by atoms with Gasteiger partial charge in [0.15, 0.2) is 5.96 Å². The molecule has 0 saturated carbocycles. The van der Waals surface area contributed by atoms with E-state index in [1.165, 1.54) is 0 Å². The van der Waals surface area contributed by atoms with Gasteiger partial charge in [-0.1, -0.05) is 12.1 Å². The number of amides is 3. The topological polar surface area (TPSA) is 115 Å². The summed E-state index contributed by atoms with van der Waals surface area (Å²) in [5.41, 5.74) is 1.19. The Balaban J connectivity index is 1.93. The molecule has 3 amide bonds. The predicted molar refractivity (Wildman–Crippen MR) is 116 cm³/mol. The average molecular weight is 417 g/mol. The van der Waals surface area contributed by atoms with Gasteiger partial charge in [-0.2, -0.15) is 0 Å². The van der Waals surface area contributed by atoms with Crippen LogP contribution in [0.1, 0.15) is 43.6 Å². The van der Waals surface area contributed by atoms with E-state index in [2.05, 4.69) is 26.3 Å². The van der Waals surface area contributed by atoms with Crippen molar-refractivity contribution in [2.24, 2.45) is 4.99 Å². The van der Waals surface area contributed by atoms with Crippen LogP contribution in [-0.2, 0) is 16.1 Å². The van der Waals surface area contributed by atoms with E-state index in [0.717, 1.165) is 5.56 Å². The number of piperazine rings is 1. The number of aliphatic imine (C=N–C) groups is 1. The first kappa shape index (κ1) is 23.2. The summed E-state index contributed by atoms with van der Waals surface area (Å²) >= 11 is 0. The third kappa shape index (κ3) is 7.73. The van der Waals surface area contributed by atoms with E-state index >= 15 is 0 Å². The second kappa shape index (κ2) is 10.6. The van der Waals surface area contributed by atoms with Crippen LogP contribution in [0.2, 0.25) is 0 Å². The maximum absolute atomic E-state index is 12.5. The van der Waals surface area contributed by atoms with Gasteiger partial charge in [-0.15, -0.1) is 0 Å². The smallest absolute Gasteiger partial charge is 0.254 e. The lowest BCUT2D eigenvalue weighted by Gasteiger charge is -2.26. The maximum Gasteiger partial charge on any atom is 0.254 e. The van der Waals surface area contributed by atoms with Crippen LogP contribution in [0.3, 0.4) is 0 Å². The zero-order chi connectivity index (χ0) is 22.1. The Kier molecular flexibility index (Phi) is 8.20. The molecule has 4 N–H and O–H groups in total. The summed E-state index contributed by atoms with van der Waals surface area (Å²) in [4.78, 5) is 42.0. The highest BCUT2D eigenvalue weighted by Gasteiger charge is 2.22. The fraction of sp³-hybridized carbons (Fsp3) is 0.524. The lowest BCUT2D eigenvalue weighted by atomic mass is 10.1. The minimum absolute atomic E-state index is 0.0887.